The highest BCUT2D eigenvalue weighted by molar-refractivity contribution is 5.96. The summed E-state index contributed by atoms with van der Waals surface area (Å²) in [6.45, 7) is 7.49. The van der Waals surface area contributed by atoms with Crippen LogP contribution in [0.25, 0.3) is 0 Å². The fraction of sp³-hybridized carbons (Fsp3) is 0.364. The van der Waals surface area contributed by atoms with Crippen molar-refractivity contribution in [2.45, 2.75) is 46.6 Å². The quantitative estimate of drug-likeness (QED) is 0.746. The first kappa shape index (κ1) is 20.5. The first-order valence-corrected chi connectivity index (χ1v) is 9.01. The molecule has 0 saturated heterocycles. The van der Waals surface area contributed by atoms with Crippen molar-refractivity contribution in [1.82, 2.24) is 0 Å². The Kier molecular flexibility index (Phi) is 6.99. The van der Waals surface area contributed by atoms with E-state index in [1.165, 1.54) is 0 Å². The summed E-state index contributed by atoms with van der Waals surface area (Å²) >= 11 is 0. The molecule has 2 rings (SSSR count). The summed E-state index contributed by atoms with van der Waals surface area (Å²) in [7, 11) is 1.61. The normalized spacial score (nSPS) is 11.6. The topological polar surface area (TPSA) is 64.6 Å². The van der Waals surface area contributed by atoms with Crippen LogP contribution in [0.1, 0.15) is 35.6 Å². The SMILES string of the molecule is COc1ccc(CCC(=O)O[C@H](C)C(=O)Nc2c(C)cc(C)cc2C)cc1. The van der Waals surface area contributed by atoms with Gasteiger partial charge in [0.25, 0.3) is 5.91 Å². The molecular weight excluding hydrogens is 342 g/mol. The zero-order valence-electron chi connectivity index (χ0n) is 16.6. The van der Waals surface area contributed by atoms with Crippen LogP contribution >= 0.6 is 0 Å². The summed E-state index contributed by atoms with van der Waals surface area (Å²) < 4.78 is 10.4. The number of methoxy groups -OCH3 is 1. The van der Waals surface area contributed by atoms with Gasteiger partial charge in [0, 0.05) is 12.1 Å². The van der Waals surface area contributed by atoms with Gasteiger partial charge >= 0.3 is 5.97 Å². The summed E-state index contributed by atoms with van der Waals surface area (Å²) in [4.78, 5) is 24.4. The molecule has 1 N–H and O–H groups in total. The Morgan fingerprint density at radius 1 is 1.04 bits per heavy atom. The van der Waals surface area contributed by atoms with E-state index >= 15 is 0 Å². The minimum Gasteiger partial charge on any atom is -0.497 e. The van der Waals surface area contributed by atoms with Crippen molar-refractivity contribution < 1.29 is 19.1 Å². The molecule has 144 valence electrons. The van der Waals surface area contributed by atoms with Crippen molar-refractivity contribution in [2.75, 3.05) is 12.4 Å². The number of carbonyl (C=O) groups is 2. The molecule has 0 heterocycles. The average Bonchev–Trinajstić information content (AvgIpc) is 2.63. The largest absolute Gasteiger partial charge is 0.497 e. The van der Waals surface area contributed by atoms with Crippen LogP contribution in [0, 0.1) is 20.8 Å². The molecule has 0 aromatic heterocycles. The number of nitrogens with one attached hydrogen (secondary N) is 1. The standard InChI is InChI=1S/C22H27NO4/c1-14-12-15(2)21(16(3)13-14)23-22(25)17(4)27-20(24)11-8-18-6-9-19(26-5)10-7-18/h6-7,9-10,12-13,17H,8,11H2,1-5H3,(H,23,25)/t17-/m1/s1. The van der Waals surface area contributed by atoms with Crippen LogP contribution in [0.5, 0.6) is 5.75 Å². The van der Waals surface area contributed by atoms with Crippen molar-refractivity contribution in [1.29, 1.82) is 0 Å². The Balaban J connectivity index is 1.87. The van der Waals surface area contributed by atoms with E-state index in [0.717, 1.165) is 33.7 Å². The second kappa shape index (κ2) is 9.21. The van der Waals surface area contributed by atoms with Gasteiger partial charge in [-0.25, -0.2) is 0 Å². The fourth-order valence-corrected chi connectivity index (χ4v) is 2.95. The van der Waals surface area contributed by atoms with E-state index in [1.54, 1.807) is 14.0 Å². The fourth-order valence-electron chi connectivity index (χ4n) is 2.95. The maximum atomic E-state index is 12.4. The first-order valence-electron chi connectivity index (χ1n) is 9.01. The molecule has 0 fully saturated rings. The molecule has 2 aromatic carbocycles. The predicted octanol–water partition coefficient (Wildman–Crippen LogP) is 4.12. The van der Waals surface area contributed by atoms with Crippen LogP contribution < -0.4 is 10.1 Å². The van der Waals surface area contributed by atoms with E-state index in [2.05, 4.69) is 5.32 Å². The van der Waals surface area contributed by atoms with Gasteiger partial charge in [-0.2, -0.15) is 0 Å². The second-order valence-corrected chi connectivity index (χ2v) is 6.74. The third-order valence-electron chi connectivity index (χ3n) is 4.38. The van der Waals surface area contributed by atoms with Gasteiger partial charge in [-0.05, 0) is 62.9 Å². The molecule has 27 heavy (non-hydrogen) atoms. The number of amides is 1. The van der Waals surface area contributed by atoms with E-state index in [4.69, 9.17) is 9.47 Å². The number of ether oxygens (including phenoxy) is 2. The highest BCUT2D eigenvalue weighted by Crippen LogP contribution is 2.22. The smallest absolute Gasteiger partial charge is 0.306 e. The number of aryl methyl sites for hydroxylation is 4. The van der Waals surface area contributed by atoms with Crippen molar-refractivity contribution in [2.24, 2.45) is 0 Å². The molecule has 0 aliphatic carbocycles. The van der Waals surface area contributed by atoms with Crippen molar-refractivity contribution in [3.63, 3.8) is 0 Å². The molecule has 1 amide bonds. The molecular formula is C22H27NO4. The minimum absolute atomic E-state index is 0.215. The van der Waals surface area contributed by atoms with E-state index < -0.39 is 12.1 Å². The zero-order valence-corrected chi connectivity index (χ0v) is 16.6. The summed E-state index contributed by atoms with van der Waals surface area (Å²) in [5.41, 5.74) is 4.89. The van der Waals surface area contributed by atoms with Gasteiger partial charge in [0.2, 0.25) is 0 Å². The van der Waals surface area contributed by atoms with Gasteiger partial charge in [0.05, 0.1) is 7.11 Å². The van der Waals surface area contributed by atoms with Crippen LogP contribution in [0.4, 0.5) is 5.69 Å². The zero-order chi connectivity index (χ0) is 20.0. The molecule has 2 aromatic rings. The average molecular weight is 369 g/mol. The molecule has 0 aliphatic heterocycles. The van der Waals surface area contributed by atoms with E-state index in [9.17, 15) is 9.59 Å². The highest BCUT2D eigenvalue weighted by atomic mass is 16.5. The lowest BCUT2D eigenvalue weighted by Crippen LogP contribution is -2.30. The lowest BCUT2D eigenvalue weighted by molar-refractivity contribution is -0.153. The Morgan fingerprint density at radius 3 is 2.19 bits per heavy atom. The number of anilines is 1. The van der Waals surface area contributed by atoms with Crippen LogP contribution in [-0.2, 0) is 20.7 Å². The van der Waals surface area contributed by atoms with E-state index in [0.29, 0.717) is 6.42 Å². The molecule has 1 atom stereocenters. The monoisotopic (exact) mass is 369 g/mol. The number of hydrogen-bond acceptors (Lipinski definition) is 4. The van der Waals surface area contributed by atoms with Gasteiger partial charge in [-0.3, -0.25) is 9.59 Å². The van der Waals surface area contributed by atoms with Crippen molar-refractivity contribution in [3.05, 3.63) is 58.7 Å². The van der Waals surface area contributed by atoms with Crippen molar-refractivity contribution in [3.8, 4) is 5.75 Å². The number of rotatable bonds is 7. The Bertz CT molecular complexity index is 789. The maximum absolute atomic E-state index is 12.4. The van der Waals surface area contributed by atoms with Gasteiger partial charge in [0.15, 0.2) is 6.10 Å². The lowest BCUT2D eigenvalue weighted by atomic mass is 10.0. The number of carbonyl (C=O) groups excluding carboxylic acids is 2. The Hall–Kier alpha value is -2.82. The molecule has 0 bridgehead atoms. The minimum atomic E-state index is -0.853. The van der Waals surface area contributed by atoms with Gasteiger partial charge in [-0.1, -0.05) is 29.8 Å². The van der Waals surface area contributed by atoms with Gasteiger partial charge in [-0.15, -0.1) is 0 Å². The van der Waals surface area contributed by atoms with Crippen LogP contribution in [0.2, 0.25) is 0 Å². The lowest BCUT2D eigenvalue weighted by Gasteiger charge is -2.17. The third kappa shape index (κ3) is 5.84. The first-order chi connectivity index (χ1) is 12.8. The number of benzene rings is 2. The number of esters is 1. The highest BCUT2D eigenvalue weighted by Gasteiger charge is 2.19. The summed E-state index contributed by atoms with van der Waals surface area (Å²) in [6, 6.07) is 11.5. The van der Waals surface area contributed by atoms with Gasteiger partial charge < -0.3 is 14.8 Å². The van der Waals surface area contributed by atoms with Gasteiger partial charge in [0.1, 0.15) is 5.75 Å². The third-order valence-corrected chi connectivity index (χ3v) is 4.38. The van der Waals surface area contributed by atoms with Crippen molar-refractivity contribution >= 4 is 17.6 Å². The Morgan fingerprint density at radius 2 is 1.63 bits per heavy atom. The van der Waals surface area contributed by atoms with E-state index in [1.807, 2.05) is 57.2 Å². The second-order valence-electron chi connectivity index (χ2n) is 6.74. The Labute approximate surface area is 160 Å². The molecule has 0 radical (unpaired) electrons. The molecule has 0 aliphatic rings. The van der Waals surface area contributed by atoms with Crippen LogP contribution in [0.3, 0.4) is 0 Å². The predicted molar refractivity (Wildman–Crippen MR) is 106 cm³/mol. The van der Waals surface area contributed by atoms with E-state index in [-0.39, 0.29) is 12.3 Å². The number of hydrogen-bond donors (Lipinski definition) is 1. The summed E-state index contributed by atoms with van der Waals surface area (Å²) in [6.07, 6.45) is -0.0895. The molecule has 5 heteroatoms. The molecule has 0 saturated carbocycles. The summed E-state index contributed by atoms with van der Waals surface area (Å²) in [5.74, 6) is 0.0435. The molecule has 0 spiro atoms. The maximum Gasteiger partial charge on any atom is 0.306 e. The summed E-state index contributed by atoms with van der Waals surface area (Å²) in [5, 5.41) is 2.87. The van der Waals surface area contributed by atoms with Crippen LogP contribution in [-0.4, -0.2) is 25.1 Å². The molecule has 0 unspecified atom stereocenters. The molecule has 5 nitrogen and oxygen atoms in total. The van der Waals surface area contributed by atoms with Crippen LogP contribution in [0.15, 0.2) is 36.4 Å².